The van der Waals surface area contributed by atoms with Gasteiger partial charge in [0.1, 0.15) is 5.60 Å². The van der Waals surface area contributed by atoms with Crippen LogP contribution in [0, 0.1) is 18.3 Å². The molecule has 3 fully saturated rings. The first-order valence-corrected chi connectivity index (χ1v) is 13.0. The largest absolute Gasteiger partial charge is 0.447 e. The van der Waals surface area contributed by atoms with Crippen LogP contribution in [0.4, 0.5) is 0 Å². The number of fused-ring (bicyclic) bond motifs is 1. The van der Waals surface area contributed by atoms with Crippen LogP contribution >= 0.6 is 34.8 Å². The average Bonchev–Trinajstić information content (AvgIpc) is 3.37. The number of alkyl halides is 3. The van der Waals surface area contributed by atoms with Crippen molar-refractivity contribution in [3.8, 4) is 12.3 Å². The zero-order chi connectivity index (χ0) is 27.2. The Morgan fingerprint density at radius 1 is 1.22 bits per heavy atom. The monoisotopic (exact) mass is 573 g/mol. The summed E-state index contributed by atoms with van der Waals surface area (Å²) in [6.45, 7) is 7.18. The highest BCUT2D eigenvalue weighted by atomic mass is 35.6. The van der Waals surface area contributed by atoms with Gasteiger partial charge in [0.25, 0.3) is 9.70 Å². The minimum atomic E-state index is -2.31. The highest BCUT2D eigenvalue weighted by Crippen LogP contribution is 2.58. The molecule has 0 spiro atoms. The molecule has 1 amide bonds. The quantitative estimate of drug-likeness (QED) is 0.230. The van der Waals surface area contributed by atoms with Gasteiger partial charge in [0.2, 0.25) is 0 Å². The number of hydrogen-bond acceptors (Lipinski definition) is 7. The second-order valence-electron chi connectivity index (χ2n) is 10.3. The zero-order valence-corrected chi connectivity index (χ0v) is 23.2. The number of epoxide rings is 1. The normalized spacial score (nSPS) is 35.1. The van der Waals surface area contributed by atoms with Crippen LogP contribution in [0.25, 0.3) is 0 Å². The first-order chi connectivity index (χ1) is 17.2. The van der Waals surface area contributed by atoms with Crippen LogP contribution in [-0.2, 0) is 39.9 Å². The van der Waals surface area contributed by atoms with Gasteiger partial charge in [-0.1, -0.05) is 71.1 Å². The van der Waals surface area contributed by atoms with E-state index in [2.05, 4.69) is 11.2 Å². The van der Waals surface area contributed by atoms with Gasteiger partial charge >= 0.3 is 5.97 Å². The third-order valence-corrected chi connectivity index (χ3v) is 7.72. The van der Waals surface area contributed by atoms with Gasteiger partial charge in [-0.05, 0) is 26.3 Å². The highest BCUT2D eigenvalue weighted by molar-refractivity contribution is 6.76. The van der Waals surface area contributed by atoms with Crippen LogP contribution in [0.5, 0.6) is 0 Å². The SMILES string of the molecule is C#C[C@@H](OC(C)=O)[C@]1(NC(=O)C(Cl)(Cl)Cl)C[C@H](OCc2ccccc2)[C@@]2(C)O[C@H]2[C@@H]1[C@H]1COC(C)(C)O1. The molecule has 0 aromatic heterocycles. The molecule has 2 heterocycles. The van der Waals surface area contributed by atoms with E-state index in [1.807, 2.05) is 37.3 Å². The molecule has 0 unspecified atom stereocenters. The first-order valence-electron chi connectivity index (χ1n) is 11.9. The molecule has 37 heavy (non-hydrogen) atoms. The van der Waals surface area contributed by atoms with E-state index < -0.39 is 62.9 Å². The van der Waals surface area contributed by atoms with E-state index in [0.29, 0.717) is 0 Å². The Hall–Kier alpha value is -1.57. The summed E-state index contributed by atoms with van der Waals surface area (Å²) >= 11 is 17.9. The number of esters is 1. The van der Waals surface area contributed by atoms with Crippen molar-refractivity contribution >= 4 is 46.7 Å². The number of rotatable bonds is 7. The number of nitrogens with one attached hydrogen (secondary N) is 1. The van der Waals surface area contributed by atoms with E-state index in [-0.39, 0.29) is 19.6 Å². The molecule has 1 saturated carbocycles. The zero-order valence-electron chi connectivity index (χ0n) is 21.0. The summed E-state index contributed by atoms with van der Waals surface area (Å²) in [6.07, 6.45) is 3.10. The number of terminal acetylenes is 1. The number of carbonyl (C=O) groups excluding carboxylic acids is 2. The fourth-order valence-electron chi connectivity index (χ4n) is 5.48. The third-order valence-electron chi connectivity index (χ3n) is 7.20. The van der Waals surface area contributed by atoms with Crippen molar-refractivity contribution in [3.63, 3.8) is 0 Å². The lowest BCUT2D eigenvalue weighted by Crippen LogP contribution is -2.71. The van der Waals surface area contributed by atoms with E-state index in [9.17, 15) is 9.59 Å². The first kappa shape index (κ1) is 28.4. The lowest BCUT2D eigenvalue weighted by molar-refractivity contribution is -0.170. The average molecular weight is 575 g/mol. The molecular formula is C26H30Cl3NO7. The molecular weight excluding hydrogens is 545 g/mol. The Morgan fingerprint density at radius 2 is 1.89 bits per heavy atom. The van der Waals surface area contributed by atoms with Gasteiger partial charge in [0.05, 0.1) is 37.1 Å². The second-order valence-corrected chi connectivity index (χ2v) is 12.5. The molecule has 3 aliphatic rings. The Bertz CT molecular complexity index is 1070. The topological polar surface area (TPSA) is 95.6 Å². The Labute approximate surface area is 231 Å². The van der Waals surface area contributed by atoms with Gasteiger partial charge in [-0.25, -0.2) is 0 Å². The second kappa shape index (κ2) is 10.2. The van der Waals surface area contributed by atoms with Crippen LogP contribution < -0.4 is 5.32 Å². The summed E-state index contributed by atoms with van der Waals surface area (Å²) in [5.41, 5.74) is -1.25. The number of benzene rings is 1. The minimum Gasteiger partial charge on any atom is -0.447 e. The van der Waals surface area contributed by atoms with Gasteiger partial charge in [0.15, 0.2) is 11.9 Å². The number of carbonyl (C=O) groups is 2. The summed E-state index contributed by atoms with van der Waals surface area (Å²) in [7, 11) is 0. The molecule has 4 rings (SSSR count). The minimum absolute atomic E-state index is 0.0897. The Morgan fingerprint density at radius 3 is 2.43 bits per heavy atom. The summed E-state index contributed by atoms with van der Waals surface area (Å²) in [6, 6.07) is 9.61. The molecule has 8 nitrogen and oxygen atoms in total. The molecule has 2 aliphatic heterocycles. The lowest BCUT2D eigenvalue weighted by atomic mass is 9.63. The predicted octanol–water partition coefficient (Wildman–Crippen LogP) is 3.69. The van der Waals surface area contributed by atoms with Crippen molar-refractivity contribution < 1.29 is 33.3 Å². The number of ether oxygens (including phenoxy) is 5. The summed E-state index contributed by atoms with van der Waals surface area (Å²) in [4.78, 5) is 25.3. The standard InChI is InChI=1S/C26H30Cl3NO7/c1-6-18(35-15(2)31)25(30-22(32)26(27,28)29)12-19(33-13-16-10-8-7-9-11-16)24(5)21(37-24)20(25)17-14-34-23(3,4)36-17/h1,7-11,17-21H,12-14H2,2-5H3,(H,30,32)/t17-,18-,19+,20+,21+,24-,25-/m1/s1. The predicted molar refractivity (Wildman–Crippen MR) is 137 cm³/mol. The molecule has 7 atom stereocenters. The smallest absolute Gasteiger partial charge is 0.303 e. The highest BCUT2D eigenvalue weighted by Gasteiger charge is 2.75. The van der Waals surface area contributed by atoms with Gasteiger partial charge in [-0.15, -0.1) is 6.42 Å². The maximum Gasteiger partial charge on any atom is 0.303 e. The summed E-state index contributed by atoms with van der Waals surface area (Å²) in [5, 5.41) is 2.84. The summed E-state index contributed by atoms with van der Waals surface area (Å²) in [5.74, 6) is -0.570. The number of halogens is 3. The lowest BCUT2D eigenvalue weighted by Gasteiger charge is -2.50. The van der Waals surface area contributed by atoms with Crippen molar-refractivity contribution in [3.05, 3.63) is 35.9 Å². The Balaban J connectivity index is 1.77. The van der Waals surface area contributed by atoms with Gasteiger partial charge in [-0.2, -0.15) is 0 Å². The molecule has 1 aliphatic carbocycles. The fraction of sp³-hybridized carbons (Fsp3) is 0.615. The van der Waals surface area contributed by atoms with E-state index in [0.717, 1.165) is 5.56 Å². The van der Waals surface area contributed by atoms with Gasteiger partial charge in [-0.3, -0.25) is 9.59 Å². The van der Waals surface area contributed by atoms with E-state index >= 15 is 0 Å². The van der Waals surface area contributed by atoms with Crippen LogP contribution in [0.3, 0.4) is 0 Å². The van der Waals surface area contributed by atoms with Crippen LogP contribution in [0.15, 0.2) is 30.3 Å². The molecule has 0 bridgehead atoms. The van der Waals surface area contributed by atoms with E-state index in [1.165, 1.54) is 6.92 Å². The van der Waals surface area contributed by atoms with Crippen molar-refractivity contribution in [2.45, 2.75) is 85.9 Å². The molecule has 11 heteroatoms. The van der Waals surface area contributed by atoms with Crippen molar-refractivity contribution in [1.29, 1.82) is 0 Å². The van der Waals surface area contributed by atoms with Crippen molar-refractivity contribution in [2.75, 3.05) is 6.61 Å². The van der Waals surface area contributed by atoms with Crippen LogP contribution in [0.2, 0.25) is 0 Å². The molecule has 2 saturated heterocycles. The van der Waals surface area contributed by atoms with Crippen molar-refractivity contribution in [1.82, 2.24) is 5.32 Å². The van der Waals surface area contributed by atoms with Gasteiger partial charge < -0.3 is 29.0 Å². The number of hydrogen-bond donors (Lipinski definition) is 1. The maximum atomic E-state index is 13.1. The van der Waals surface area contributed by atoms with E-state index in [1.54, 1.807) is 13.8 Å². The Kier molecular flexibility index (Phi) is 7.84. The van der Waals surface area contributed by atoms with Gasteiger partial charge in [0, 0.05) is 19.3 Å². The third kappa shape index (κ3) is 5.74. The molecule has 0 radical (unpaired) electrons. The van der Waals surface area contributed by atoms with Crippen molar-refractivity contribution in [2.24, 2.45) is 5.92 Å². The van der Waals surface area contributed by atoms with Crippen LogP contribution in [-0.4, -0.2) is 63.6 Å². The molecule has 1 aromatic carbocycles. The van der Waals surface area contributed by atoms with Crippen LogP contribution in [0.1, 0.15) is 39.7 Å². The summed E-state index contributed by atoms with van der Waals surface area (Å²) < 4.78 is 27.9. The fourth-order valence-corrected chi connectivity index (χ4v) is 5.62. The molecule has 1 N–H and O–H groups in total. The molecule has 202 valence electrons. The maximum absolute atomic E-state index is 13.1. The van der Waals surface area contributed by atoms with E-state index in [4.69, 9.17) is 64.9 Å². The molecule has 1 aromatic rings. The number of amides is 1.